The highest BCUT2D eigenvalue weighted by atomic mass is 35.5. The van der Waals surface area contributed by atoms with Crippen LogP contribution in [0.1, 0.15) is 40.2 Å². The summed E-state index contributed by atoms with van der Waals surface area (Å²) in [5.41, 5.74) is 2.35. The monoisotopic (exact) mass is 467 g/mol. The number of pyridine rings is 1. The number of benzene rings is 1. The summed E-state index contributed by atoms with van der Waals surface area (Å²) < 4.78 is 10.6. The van der Waals surface area contributed by atoms with Crippen LogP contribution in [0.4, 0.5) is 0 Å². The topological polar surface area (TPSA) is 153 Å². The molecule has 2 heterocycles. The van der Waals surface area contributed by atoms with Crippen LogP contribution in [0.25, 0.3) is 0 Å². The first kappa shape index (κ1) is 23.2. The number of fused-ring (bicyclic) bond motifs is 1. The first-order valence-electron chi connectivity index (χ1n) is 9.24. The Morgan fingerprint density at radius 1 is 1.28 bits per heavy atom. The lowest BCUT2D eigenvalue weighted by Gasteiger charge is -2.27. The summed E-state index contributed by atoms with van der Waals surface area (Å²) in [4.78, 5) is 47.9. The molecule has 0 bridgehead atoms. The average Bonchev–Trinajstić information content (AvgIpc) is 3.17. The van der Waals surface area contributed by atoms with E-state index in [0.29, 0.717) is 27.4 Å². The van der Waals surface area contributed by atoms with Gasteiger partial charge in [0.2, 0.25) is 0 Å². The van der Waals surface area contributed by atoms with Gasteiger partial charge in [-0.05, 0) is 30.2 Å². The highest BCUT2D eigenvalue weighted by Crippen LogP contribution is 2.43. The number of hydrogen-bond donors (Lipinski definition) is 0. The standard InChI is InChI=1S/C19H18ClN3O9/c1-10-15(18(32-23(27)28)14(19(24)29-2)9-31-22(25)26)16-12(7-21-10)8-30-17(16)11-3-5-13(20)6-4-11/h3-7,14,17-18H,8-9H2,1-2H3. The minimum atomic E-state index is -1.60. The van der Waals surface area contributed by atoms with Gasteiger partial charge in [0.15, 0.2) is 0 Å². The number of methoxy groups -OCH3 is 1. The van der Waals surface area contributed by atoms with E-state index in [0.717, 1.165) is 7.11 Å². The van der Waals surface area contributed by atoms with E-state index in [9.17, 15) is 25.0 Å². The van der Waals surface area contributed by atoms with E-state index in [4.69, 9.17) is 25.9 Å². The molecule has 0 aliphatic carbocycles. The molecular weight excluding hydrogens is 450 g/mol. The van der Waals surface area contributed by atoms with Crippen molar-refractivity contribution in [3.63, 3.8) is 0 Å². The number of carbonyl (C=O) groups excluding carboxylic acids is 1. The third-order valence-corrected chi connectivity index (χ3v) is 5.25. The van der Waals surface area contributed by atoms with Crippen LogP contribution in [0.3, 0.4) is 0 Å². The van der Waals surface area contributed by atoms with Gasteiger partial charge < -0.3 is 19.1 Å². The van der Waals surface area contributed by atoms with Crippen molar-refractivity contribution < 1.29 is 34.1 Å². The molecule has 2 aromatic rings. The average molecular weight is 468 g/mol. The first-order chi connectivity index (χ1) is 15.2. The third kappa shape index (κ3) is 4.86. The lowest BCUT2D eigenvalue weighted by atomic mass is 9.87. The summed E-state index contributed by atoms with van der Waals surface area (Å²) in [5, 5.41) is 20.4. The zero-order valence-electron chi connectivity index (χ0n) is 16.9. The van der Waals surface area contributed by atoms with Crippen LogP contribution in [0.2, 0.25) is 5.02 Å². The zero-order valence-corrected chi connectivity index (χ0v) is 17.7. The molecule has 170 valence electrons. The van der Waals surface area contributed by atoms with E-state index in [1.165, 1.54) is 0 Å². The summed E-state index contributed by atoms with van der Waals surface area (Å²) in [6.45, 7) is 0.905. The number of aromatic nitrogens is 1. The molecular formula is C19H18ClN3O9. The van der Waals surface area contributed by atoms with Crippen LogP contribution < -0.4 is 0 Å². The summed E-state index contributed by atoms with van der Waals surface area (Å²) in [6, 6.07) is 6.80. The highest BCUT2D eigenvalue weighted by molar-refractivity contribution is 6.30. The molecule has 0 saturated heterocycles. The molecule has 0 fully saturated rings. The Balaban J connectivity index is 2.16. The van der Waals surface area contributed by atoms with Crippen molar-refractivity contribution in [3.8, 4) is 0 Å². The second-order valence-electron chi connectivity index (χ2n) is 6.84. The van der Waals surface area contributed by atoms with Crippen molar-refractivity contribution in [1.82, 2.24) is 4.98 Å². The Kier molecular flexibility index (Phi) is 7.05. The molecule has 0 N–H and O–H groups in total. The van der Waals surface area contributed by atoms with Crippen LogP contribution >= 0.6 is 11.6 Å². The quantitative estimate of drug-likeness (QED) is 0.305. The molecule has 3 unspecified atom stereocenters. The largest absolute Gasteiger partial charge is 0.469 e. The molecule has 1 aliphatic heterocycles. The number of rotatable bonds is 9. The Hall–Kier alpha value is -3.51. The van der Waals surface area contributed by atoms with Crippen molar-refractivity contribution in [3.05, 3.63) is 83.7 Å². The molecule has 12 nitrogen and oxygen atoms in total. The maximum Gasteiger partial charge on any atom is 0.313 e. The molecule has 1 aromatic carbocycles. The molecule has 13 heteroatoms. The highest BCUT2D eigenvalue weighted by Gasteiger charge is 2.41. The first-order valence-corrected chi connectivity index (χ1v) is 9.62. The van der Waals surface area contributed by atoms with E-state index in [2.05, 4.69) is 9.82 Å². The van der Waals surface area contributed by atoms with Crippen LogP contribution in [0, 0.1) is 33.1 Å². The summed E-state index contributed by atoms with van der Waals surface area (Å²) in [5.74, 6) is -2.52. The SMILES string of the molecule is COC(=O)C(CO[N+](=O)[O-])C(O[N+](=O)[O-])c1c(C)ncc2c1C(c1ccc(Cl)cc1)OC2. The number of halogens is 1. The minimum absolute atomic E-state index is 0.155. The summed E-state index contributed by atoms with van der Waals surface area (Å²) >= 11 is 5.97. The predicted octanol–water partition coefficient (Wildman–Crippen LogP) is 2.91. The van der Waals surface area contributed by atoms with Crippen molar-refractivity contribution in [2.45, 2.75) is 25.7 Å². The Morgan fingerprint density at radius 3 is 2.56 bits per heavy atom. The van der Waals surface area contributed by atoms with E-state index in [1.807, 2.05) is 0 Å². The minimum Gasteiger partial charge on any atom is -0.469 e. The fraction of sp³-hybridized carbons (Fsp3) is 0.368. The van der Waals surface area contributed by atoms with Gasteiger partial charge in [-0.1, -0.05) is 23.7 Å². The number of nitrogens with zero attached hydrogens (tertiary/aromatic N) is 3. The molecule has 0 saturated carbocycles. The number of esters is 1. The predicted molar refractivity (Wildman–Crippen MR) is 106 cm³/mol. The van der Waals surface area contributed by atoms with Crippen molar-refractivity contribution in [2.24, 2.45) is 5.92 Å². The Morgan fingerprint density at radius 2 is 1.97 bits per heavy atom. The molecule has 3 atom stereocenters. The molecule has 1 aliphatic rings. The van der Waals surface area contributed by atoms with Gasteiger partial charge in [0.1, 0.15) is 24.7 Å². The Labute approximate surface area is 186 Å². The lowest BCUT2D eigenvalue weighted by molar-refractivity contribution is -0.778. The maximum absolute atomic E-state index is 12.4. The normalized spacial score (nSPS) is 16.5. The fourth-order valence-electron chi connectivity index (χ4n) is 3.61. The molecule has 1 aromatic heterocycles. The van der Waals surface area contributed by atoms with Crippen molar-refractivity contribution in [2.75, 3.05) is 13.7 Å². The fourth-order valence-corrected chi connectivity index (χ4v) is 3.74. The summed E-state index contributed by atoms with van der Waals surface area (Å²) in [6.07, 6.45) is -0.698. The van der Waals surface area contributed by atoms with Crippen LogP contribution in [0.15, 0.2) is 30.5 Å². The number of aryl methyl sites for hydroxylation is 1. The van der Waals surface area contributed by atoms with Crippen LogP contribution in [-0.2, 0) is 30.6 Å². The zero-order chi connectivity index (χ0) is 23.4. The van der Waals surface area contributed by atoms with Gasteiger partial charge in [0, 0.05) is 28.0 Å². The number of hydrogen-bond acceptors (Lipinski definition) is 10. The lowest BCUT2D eigenvalue weighted by Crippen LogP contribution is -2.33. The molecule has 0 radical (unpaired) electrons. The van der Waals surface area contributed by atoms with E-state index in [-0.39, 0.29) is 12.2 Å². The van der Waals surface area contributed by atoms with Gasteiger partial charge in [0.25, 0.3) is 10.2 Å². The van der Waals surface area contributed by atoms with Gasteiger partial charge in [-0.2, -0.15) is 0 Å². The number of carbonyl (C=O) groups is 1. The third-order valence-electron chi connectivity index (χ3n) is 4.99. The number of ether oxygens (including phenoxy) is 2. The van der Waals surface area contributed by atoms with Gasteiger partial charge >= 0.3 is 5.97 Å². The maximum atomic E-state index is 12.4. The van der Waals surface area contributed by atoms with Crippen LogP contribution in [0.5, 0.6) is 0 Å². The molecule has 0 amide bonds. The second-order valence-corrected chi connectivity index (χ2v) is 7.27. The van der Waals surface area contributed by atoms with E-state index < -0.39 is 40.9 Å². The second kappa shape index (κ2) is 9.75. The Bertz CT molecular complexity index is 1030. The van der Waals surface area contributed by atoms with Crippen LogP contribution in [-0.4, -0.2) is 34.8 Å². The van der Waals surface area contributed by atoms with Gasteiger partial charge in [-0.3, -0.25) is 9.78 Å². The van der Waals surface area contributed by atoms with E-state index in [1.54, 1.807) is 37.4 Å². The van der Waals surface area contributed by atoms with Gasteiger partial charge in [-0.25, -0.2) is 0 Å². The molecule has 3 rings (SSSR count). The van der Waals surface area contributed by atoms with Gasteiger partial charge in [0.05, 0.1) is 13.7 Å². The van der Waals surface area contributed by atoms with Crippen molar-refractivity contribution in [1.29, 1.82) is 0 Å². The van der Waals surface area contributed by atoms with Crippen molar-refractivity contribution >= 4 is 17.6 Å². The van der Waals surface area contributed by atoms with E-state index >= 15 is 0 Å². The molecule has 32 heavy (non-hydrogen) atoms. The smallest absolute Gasteiger partial charge is 0.313 e. The van der Waals surface area contributed by atoms with Gasteiger partial charge in [-0.15, -0.1) is 20.2 Å². The molecule has 0 spiro atoms. The summed E-state index contributed by atoms with van der Waals surface area (Å²) in [7, 11) is 1.05.